The molecule has 5 nitrogen and oxygen atoms in total. The zero-order valence-corrected chi connectivity index (χ0v) is 15.1. The first-order valence-corrected chi connectivity index (χ1v) is 8.02. The molecular weight excluding hydrogens is 355 g/mol. The van der Waals surface area contributed by atoms with Crippen LogP contribution in [0.5, 0.6) is 0 Å². The van der Waals surface area contributed by atoms with Gasteiger partial charge in [-0.15, -0.1) is 24.8 Å². The molecule has 1 atom stereocenters. The number of hydrogen-bond acceptors (Lipinski definition) is 5. The fourth-order valence-electron chi connectivity index (χ4n) is 1.80. The summed E-state index contributed by atoms with van der Waals surface area (Å²) in [6, 6.07) is 9.13. The molecule has 0 fully saturated rings. The Morgan fingerprint density at radius 3 is 2.96 bits per heavy atom. The summed E-state index contributed by atoms with van der Waals surface area (Å²) >= 11 is 1.66. The lowest BCUT2D eigenvalue weighted by molar-refractivity contribution is -0.122. The molecule has 8 heteroatoms. The highest BCUT2D eigenvalue weighted by Gasteiger charge is 2.11. The smallest absolute Gasteiger partial charge is 0.256 e. The van der Waals surface area contributed by atoms with Gasteiger partial charge in [0.1, 0.15) is 0 Å². The third kappa shape index (κ3) is 6.74. The van der Waals surface area contributed by atoms with Crippen molar-refractivity contribution in [3.63, 3.8) is 0 Å². The molecule has 1 aromatic heterocycles. The summed E-state index contributed by atoms with van der Waals surface area (Å²) in [7, 11) is 0. The van der Waals surface area contributed by atoms with Crippen LogP contribution in [0.25, 0.3) is 10.9 Å². The van der Waals surface area contributed by atoms with E-state index >= 15 is 0 Å². The van der Waals surface area contributed by atoms with E-state index in [1.54, 1.807) is 24.2 Å². The lowest BCUT2D eigenvalue weighted by Crippen LogP contribution is -2.38. The second-order valence-electron chi connectivity index (χ2n) is 4.58. The summed E-state index contributed by atoms with van der Waals surface area (Å²) < 4.78 is 0. The van der Waals surface area contributed by atoms with E-state index in [0.717, 1.165) is 22.2 Å². The van der Waals surface area contributed by atoms with Gasteiger partial charge in [0.15, 0.2) is 0 Å². The van der Waals surface area contributed by atoms with E-state index in [4.69, 9.17) is 5.73 Å². The van der Waals surface area contributed by atoms with Crippen LogP contribution < -0.4 is 11.2 Å². The Hall–Kier alpha value is -1.34. The minimum Gasteiger partial charge on any atom is -0.320 e. The Kier molecular flexibility index (Phi) is 10.6. The summed E-state index contributed by atoms with van der Waals surface area (Å²) in [4.78, 5) is 15.9. The number of benzene rings is 1. The molecule has 0 spiro atoms. The van der Waals surface area contributed by atoms with E-state index in [0.29, 0.717) is 6.42 Å². The van der Waals surface area contributed by atoms with Gasteiger partial charge in [-0.1, -0.05) is 12.1 Å². The SMILES string of the molecule is CSCC[C@H](N)C(=O)N/N=C/c1ccc2ncccc2c1.Cl.Cl. The number of hydrogen-bond donors (Lipinski definition) is 2. The molecule has 2 aromatic rings. The summed E-state index contributed by atoms with van der Waals surface area (Å²) in [6.07, 6.45) is 5.99. The topological polar surface area (TPSA) is 80.4 Å². The van der Waals surface area contributed by atoms with Gasteiger partial charge in [0, 0.05) is 11.6 Å². The number of aromatic nitrogens is 1. The molecule has 0 saturated carbocycles. The van der Waals surface area contributed by atoms with Gasteiger partial charge in [-0.2, -0.15) is 16.9 Å². The number of carbonyl (C=O) groups is 1. The number of nitrogens with one attached hydrogen (secondary N) is 1. The van der Waals surface area contributed by atoms with Crippen molar-refractivity contribution in [2.75, 3.05) is 12.0 Å². The quantitative estimate of drug-likeness (QED) is 0.601. The van der Waals surface area contributed by atoms with Gasteiger partial charge >= 0.3 is 0 Å². The number of amides is 1. The standard InChI is InChI=1S/C15H18N4OS.2ClH/c1-21-8-6-13(16)15(20)19-18-10-11-4-5-14-12(9-11)3-2-7-17-14;;/h2-5,7,9-10,13H,6,8,16H2,1H3,(H,19,20);2*1H/b18-10+;;/t13-;;/m0../s1. The first-order chi connectivity index (χ1) is 10.2. The molecule has 0 radical (unpaired) electrons. The van der Waals surface area contributed by atoms with E-state index in [1.165, 1.54) is 0 Å². The number of hydrazone groups is 1. The van der Waals surface area contributed by atoms with Crippen molar-refractivity contribution in [1.29, 1.82) is 0 Å². The Balaban J connectivity index is 0.00000242. The lowest BCUT2D eigenvalue weighted by Gasteiger charge is -2.08. The Morgan fingerprint density at radius 2 is 2.22 bits per heavy atom. The molecule has 0 aliphatic carbocycles. The molecule has 1 amide bonds. The highest BCUT2D eigenvalue weighted by molar-refractivity contribution is 7.98. The first-order valence-electron chi connectivity index (χ1n) is 6.63. The molecule has 0 bridgehead atoms. The number of thioether (sulfide) groups is 1. The van der Waals surface area contributed by atoms with E-state index in [9.17, 15) is 4.79 Å². The van der Waals surface area contributed by atoms with Crippen molar-refractivity contribution in [1.82, 2.24) is 10.4 Å². The maximum Gasteiger partial charge on any atom is 0.256 e. The number of fused-ring (bicyclic) bond motifs is 1. The Morgan fingerprint density at radius 1 is 1.43 bits per heavy atom. The maximum atomic E-state index is 11.7. The summed E-state index contributed by atoms with van der Waals surface area (Å²) in [5, 5.41) is 4.98. The first kappa shape index (κ1) is 21.7. The number of nitrogens with two attached hydrogens (primary N) is 1. The average Bonchev–Trinajstić information content (AvgIpc) is 2.52. The van der Waals surface area contributed by atoms with Crippen LogP contribution in [0.4, 0.5) is 0 Å². The fourth-order valence-corrected chi connectivity index (χ4v) is 2.29. The van der Waals surface area contributed by atoms with E-state index in [-0.39, 0.29) is 30.7 Å². The summed E-state index contributed by atoms with van der Waals surface area (Å²) in [6.45, 7) is 0. The lowest BCUT2D eigenvalue weighted by atomic mass is 10.1. The molecule has 0 unspecified atom stereocenters. The van der Waals surface area contributed by atoms with Crippen molar-refractivity contribution >= 4 is 59.6 Å². The molecule has 0 saturated heterocycles. The minimum atomic E-state index is -0.518. The Bertz CT molecular complexity index is 654. The summed E-state index contributed by atoms with van der Waals surface area (Å²) in [5.74, 6) is 0.596. The second-order valence-corrected chi connectivity index (χ2v) is 5.56. The number of halogens is 2. The largest absolute Gasteiger partial charge is 0.320 e. The second kappa shape index (κ2) is 11.2. The normalized spacial score (nSPS) is 11.6. The molecule has 23 heavy (non-hydrogen) atoms. The molecule has 2 rings (SSSR count). The predicted octanol–water partition coefficient (Wildman–Crippen LogP) is 2.61. The molecule has 1 aromatic carbocycles. The highest BCUT2D eigenvalue weighted by atomic mass is 35.5. The van der Waals surface area contributed by atoms with Crippen LogP contribution in [-0.2, 0) is 4.79 Å². The van der Waals surface area contributed by atoms with Crippen molar-refractivity contribution in [3.05, 3.63) is 42.1 Å². The van der Waals surface area contributed by atoms with Crippen LogP contribution in [0, 0.1) is 0 Å². The van der Waals surface area contributed by atoms with Crippen molar-refractivity contribution in [2.45, 2.75) is 12.5 Å². The third-order valence-electron chi connectivity index (χ3n) is 2.99. The van der Waals surface area contributed by atoms with Crippen LogP contribution >= 0.6 is 36.6 Å². The van der Waals surface area contributed by atoms with Crippen molar-refractivity contribution < 1.29 is 4.79 Å². The van der Waals surface area contributed by atoms with Crippen LogP contribution in [-0.4, -0.2) is 35.2 Å². The zero-order chi connectivity index (χ0) is 15.1. The Labute approximate surface area is 152 Å². The highest BCUT2D eigenvalue weighted by Crippen LogP contribution is 2.11. The van der Waals surface area contributed by atoms with E-state index < -0.39 is 6.04 Å². The van der Waals surface area contributed by atoms with Gasteiger partial charge in [-0.05, 0) is 42.2 Å². The number of carbonyl (C=O) groups excluding carboxylic acids is 1. The van der Waals surface area contributed by atoms with E-state index in [1.807, 2.05) is 36.6 Å². The van der Waals surface area contributed by atoms with Gasteiger partial charge in [-0.3, -0.25) is 9.78 Å². The summed E-state index contributed by atoms with van der Waals surface area (Å²) in [5.41, 5.74) is 10.0. The molecule has 0 aliphatic heterocycles. The van der Waals surface area contributed by atoms with Gasteiger partial charge < -0.3 is 5.73 Å². The predicted molar refractivity (Wildman–Crippen MR) is 103 cm³/mol. The molecule has 3 N–H and O–H groups in total. The van der Waals surface area contributed by atoms with Crippen LogP contribution in [0.2, 0.25) is 0 Å². The molecule has 126 valence electrons. The molecular formula is C15H20Cl2N4OS. The fraction of sp³-hybridized carbons (Fsp3) is 0.267. The van der Waals surface area contributed by atoms with Crippen LogP contribution in [0.15, 0.2) is 41.6 Å². The van der Waals surface area contributed by atoms with Crippen LogP contribution in [0.1, 0.15) is 12.0 Å². The van der Waals surface area contributed by atoms with Crippen LogP contribution in [0.3, 0.4) is 0 Å². The number of rotatable bonds is 6. The van der Waals surface area contributed by atoms with Gasteiger partial charge in [0.25, 0.3) is 5.91 Å². The van der Waals surface area contributed by atoms with Gasteiger partial charge in [0.05, 0.1) is 17.8 Å². The molecule has 1 heterocycles. The number of pyridine rings is 1. The minimum absolute atomic E-state index is 0. The van der Waals surface area contributed by atoms with Crippen molar-refractivity contribution in [2.24, 2.45) is 10.8 Å². The van der Waals surface area contributed by atoms with Crippen molar-refractivity contribution in [3.8, 4) is 0 Å². The maximum absolute atomic E-state index is 11.7. The van der Waals surface area contributed by atoms with E-state index in [2.05, 4.69) is 15.5 Å². The average molecular weight is 375 g/mol. The van der Waals surface area contributed by atoms with Gasteiger partial charge in [-0.25, -0.2) is 5.43 Å². The van der Waals surface area contributed by atoms with Gasteiger partial charge in [0.2, 0.25) is 0 Å². The number of nitrogens with zero attached hydrogens (tertiary/aromatic N) is 2. The molecule has 0 aliphatic rings. The third-order valence-corrected chi connectivity index (χ3v) is 3.63. The zero-order valence-electron chi connectivity index (χ0n) is 12.6. The monoisotopic (exact) mass is 374 g/mol.